The van der Waals surface area contributed by atoms with Crippen LogP contribution in [-0.2, 0) is 4.79 Å². The molecule has 3 atom stereocenters. The first kappa shape index (κ1) is 14.8. The van der Waals surface area contributed by atoms with E-state index in [4.69, 9.17) is 5.73 Å². The molecule has 17 heavy (non-hydrogen) atoms. The molecule has 4 heteroatoms. The van der Waals surface area contributed by atoms with Gasteiger partial charge in [-0.15, -0.1) is 0 Å². The van der Waals surface area contributed by atoms with Crippen LogP contribution in [0.5, 0.6) is 0 Å². The van der Waals surface area contributed by atoms with Crippen molar-refractivity contribution >= 4 is 17.7 Å². The topological polar surface area (TPSA) is 46.3 Å². The molecule has 1 rings (SSSR count). The quantitative estimate of drug-likeness (QED) is 0.843. The van der Waals surface area contributed by atoms with Gasteiger partial charge in [-0.25, -0.2) is 0 Å². The normalized spacial score (nSPS) is 26.9. The van der Waals surface area contributed by atoms with E-state index in [-0.39, 0.29) is 11.3 Å². The summed E-state index contributed by atoms with van der Waals surface area (Å²) in [5.41, 5.74) is 5.88. The van der Waals surface area contributed by atoms with Gasteiger partial charge >= 0.3 is 0 Å². The first-order chi connectivity index (χ1) is 7.79. The van der Waals surface area contributed by atoms with Crippen molar-refractivity contribution in [1.29, 1.82) is 0 Å². The molecular formula is C13H26N2OS. The molecule has 0 unspecified atom stereocenters. The van der Waals surface area contributed by atoms with Gasteiger partial charge in [-0.1, -0.05) is 27.2 Å². The van der Waals surface area contributed by atoms with Crippen molar-refractivity contribution in [2.75, 3.05) is 13.3 Å². The zero-order valence-corrected chi connectivity index (χ0v) is 12.5. The number of nitrogens with zero attached hydrogens (tertiary/aromatic N) is 1. The predicted molar refractivity (Wildman–Crippen MR) is 75.1 cm³/mol. The van der Waals surface area contributed by atoms with Crippen LogP contribution >= 0.6 is 11.8 Å². The van der Waals surface area contributed by atoms with Gasteiger partial charge in [-0.3, -0.25) is 4.79 Å². The van der Waals surface area contributed by atoms with Crippen molar-refractivity contribution in [3.8, 4) is 0 Å². The molecule has 1 saturated carbocycles. The number of thioether (sulfide) groups is 1. The highest BCUT2D eigenvalue weighted by Crippen LogP contribution is 2.32. The number of carbonyl (C=O) groups is 1. The van der Waals surface area contributed by atoms with Crippen molar-refractivity contribution in [1.82, 2.24) is 4.90 Å². The first-order valence-corrected chi connectivity index (χ1v) is 7.63. The van der Waals surface area contributed by atoms with E-state index in [0.29, 0.717) is 11.3 Å². The molecule has 0 bridgehead atoms. The molecule has 0 heterocycles. The van der Waals surface area contributed by atoms with Crippen molar-refractivity contribution in [3.63, 3.8) is 0 Å². The minimum Gasteiger partial charge on any atom is -0.340 e. The van der Waals surface area contributed by atoms with Crippen LogP contribution in [0, 0.1) is 5.41 Å². The van der Waals surface area contributed by atoms with Gasteiger partial charge in [-0.05, 0) is 24.5 Å². The minimum absolute atomic E-state index is 0.0865. The van der Waals surface area contributed by atoms with E-state index in [1.165, 1.54) is 12.8 Å². The van der Waals surface area contributed by atoms with Crippen molar-refractivity contribution < 1.29 is 4.79 Å². The van der Waals surface area contributed by atoms with Gasteiger partial charge in [0.1, 0.15) is 0 Å². The monoisotopic (exact) mass is 258 g/mol. The van der Waals surface area contributed by atoms with Gasteiger partial charge < -0.3 is 10.6 Å². The lowest BCUT2D eigenvalue weighted by Gasteiger charge is -2.35. The molecule has 3 nitrogen and oxygen atoms in total. The van der Waals surface area contributed by atoms with Crippen LogP contribution in [0.25, 0.3) is 0 Å². The third-order valence-electron chi connectivity index (χ3n) is 3.76. The number of hydrogen-bond donors (Lipinski definition) is 1. The lowest BCUT2D eigenvalue weighted by atomic mass is 9.86. The van der Waals surface area contributed by atoms with E-state index in [0.717, 1.165) is 6.42 Å². The Bertz CT molecular complexity index is 275. The van der Waals surface area contributed by atoms with Crippen LogP contribution in [0.4, 0.5) is 0 Å². The molecule has 1 aliphatic rings. The van der Waals surface area contributed by atoms with Gasteiger partial charge in [0.05, 0.1) is 6.04 Å². The molecular weight excluding hydrogens is 232 g/mol. The fraction of sp³-hybridized carbons (Fsp3) is 0.923. The summed E-state index contributed by atoms with van der Waals surface area (Å²) in [5, 5.41) is 0.580. The standard InChI is InChI=1S/C13H26N2OS/c1-13(2,3)11(14)12(16)15(4)9-7-6-8-10(9)17-5/h9-11H,6-8,14H2,1-5H3/t9-,10+,11-/m1/s1. The summed E-state index contributed by atoms with van der Waals surface area (Å²) in [7, 11) is 1.91. The minimum atomic E-state index is -0.407. The average molecular weight is 258 g/mol. The number of nitrogens with two attached hydrogens (primary N) is 1. The maximum atomic E-state index is 12.3. The molecule has 100 valence electrons. The molecule has 0 spiro atoms. The van der Waals surface area contributed by atoms with Crippen molar-refractivity contribution in [3.05, 3.63) is 0 Å². The summed E-state index contributed by atoms with van der Waals surface area (Å²) in [5.74, 6) is 0.0865. The molecule has 1 amide bonds. The molecule has 0 radical (unpaired) electrons. The Balaban J connectivity index is 2.69. The van der Waals surface area contributed by atoms with Crippen LogP contribution in [0.15, 0.2) is 0 Å². The summed E-state index contributed by atoms with van der Waals surface area (Å²) in [6, 6.07) is -0.0403. The van der Waals surface area contributed by atoms with Crippen LogP contribution in [-0.4, -0.2) is 41.4 Å². The van der Waals surface area contributed by atoms with Gasteiger partial charge in [0.25, 0.3) is 0 Å². The Morgan fingerprint density at radius 2 is 2.00 bits per heavy atom. The van der Waals surface area contributed by atoms with Crippen LogP contribution in [0.2, 0.25) is 0 Å². The summed E-state index contributed by atoms with van der Waals surface area (Å²) in [4.78, 5) is 14.2. The Hall–Kier alpha value is -0.220. The van der Waals surface area contributed by atoms with Gasteiger partial charge in [0.15, 0.2) is 0 Å². The van der Waals surface area contributed by atoms with E-state index >= 15 is 0 Å². The van der Waals surface area contributed by atoms with E-state index in [9.17, 15) is 4.79 Å². The highest BCUT2D eigenvalue weighted by molar-refractivity contribution is 7.99. The SMILES string of the molecule is CS[C@H]1CCC[C@H]1N(C)C(=O)[C@@H](N)C(C)(C)C. The Morgan fingerprint density at radius 3 is 2.47 bits per heavy atom. The second-order valence-corrected chi connectivity index (χ2v) is 7.14. The lowest BCUT2D eigenvalue weighted by Crippen LogP contribution is -2.53. The summed E-state index contributed by atoms with van der Waals surface area (Å²) < 4.78 is 0. The Kier molecular flexibility index (Phi) is 4.90. The molecule has 0 aromatic heterocycles. The first-order valence-electron chi connectivity index (χ1n) is 6.34. The number of likely N-dealkylation sites (N-methyl/N-ethyl adjacent to an activating group) is 1. The number of amides is 1. The summed E-state index contributed by atoms with van der Waals surface area (Å²) in [6.45, 7) is 6.05. The van der Waals surface area contributed by atoms with Crippen LogP contribution < -0.4 is 5.73 Å². The van der Waals surface area contributed by atoms with Crippen LogP contribution in [0.1, 0.15) is 40.0 Å². The van der Waals surface area contributed by atoms with Gasteiger partial charge in [0.2, 0.25) is 5.91 Å². The van der Waals surface area contributed by atoms with Crippen molar-refractivity contribution in [2.24, 2.45) is 11.1 Å². The average Bonchev–Trinajstić information content (AvgIpc) is 2.72. The molecule has 0 aromatic rings. The number of hydrogen-bond acceptors (Lipinski definition) is 3. The third kappa shape index (κ3) is 3.38. The fourth-order valence-electron chi connectivity index (χ4n) is 2.38. The highest BCUT2D eigenvalue weighted by atomic mass is 32.2. The number of carbonyl (C=O) groups excluding carboxylic acids is 1. The number of rotatable bonds is 3. The zero-order chi connectivity index (χ0) is 13.2. The smallest absolute Gasteiger partial charge is 0.240 e. The lowest BCUT2D eigenvalue weighted by molar-refractivity contribution is -0.135. The Labute approximate surface area is 109 Å². The summed E-state index contributed by atoms with van der Waals surface area (Å²) in [6.07, 6.45) is 5.68. The second-order valence-electron chi connectivity index (χ2n) is 6.07. The summed E-state index contributed by atoms with van der Waals surface area (Å²) >= 11 is 1.87. The van der Waals surface area contributed by atoms with Crippen molar-refractivity contribution in [2.45, 2.75) is 57.4 Å². The molecule has 2 N–H and O–H groups in total. The van der Waals surface area contributed by atoms with E-state index in [1.807, 2.05) is 44.5 Å². The molecule has 1 fully saturated rings. The third-order valence-corrected chi connectivity index (χ3v) is 4.92. The van der Waals surface area contributed by atoms with Gasteiger partial charge in [-0.2, -0.15) is 11.8 Å². The van der Waals surface area contributed by atoms with E-state index in [1.54, 1.807) is 0 Å². The maximum Gasteiger partial charge on any atom is 0.240 e. The molecule has 0 saturated heterocycles. The van der Waals surface area contributed by atoms with Gasteiger partial charge in [0, 0.05) is 18.3 Å². The zero-order valence-electron chi connectivity index (χ0n) is 11.7. The van der Waals surface area contributed by atoms with Crippen LogP contribution in [0.3, 0.4) is 0 Å². The maximum absolute atomic E-state index is 12.3. The highest BCUT2D eigenvalue weighted by Gasteiger charge is 2.36. The second kappa shape index (κ2) is 5.61. The fourth-order valence-corrected chi connectivity index (χ4v) is 3.41. The van der Waals surface area contributed by atoms with E-state index < -0.39 is 6.04 Å². The largest absolute Gasteiger partial charge is 0.340 e. The molecule has 1 aliphatic carbocycles. The predicted octanol–water partition coefficient (Wildman–Crippen LogP) is 2.10. The Morgan fingerprint density at radius 1 is 1.41 bits per heavy atom. The molecule has 0 aliphatic heterocycles. The molecule has 0 aromatic carbocycles. The van der Waals surface area contributed by atoms with E-state index in [2.05, 4.69) is 6.26 Å².